The lowest BCUT2D eigenvalue weighted by Crippen LogP contribution is -2.16. The van der Waals surface area contributed by atoms with Crippen LogP contribution < -0.4 is 0 Å². The van der Waals surface area contributed by atoms with Crippen LogP contribution in [-0.2, 0) is 4.79 Å². The normalized spacial score (nSPS) is 12.9. The van der Waals surface area contributed by atoms with Crippen LogP contribution in [0.3, 0.4) is 0 Å². The van der Waals surface area contributed by atoms with E-state index in [1.807, 2.05) is 22.9 Å². The van der Waals surface area contributed by atoms with Crippen molar-refractivity contribution in [2.45, 2.75) is 45.6 Å². The Bertz CT molecular complexity index is 584. The van der Waals surface area contributed by atoms with E-state index in [9.17, 15) is 4.79 Å². The number of thiophene rings is 1. The minimum Gasteiger partial charge on any atom is -0.327 e. The van der Waals surface area contributed by atoms with E-state index >= 15 is 0 Å². The molecule has 2 aromatic rings. The van der Waals surface area contributed by atoms with Gasteiger partial charge in [0.1, 0.15) is 0 Å². The summed E-state index contributed by atoms with van der Waals surface area (Å²) in [5, 5.41) is 0. The lowest BCUT2D eigenvalue weighted by atomic mass is 10.0. The molecule has 1 unspecified atom stereocenters. The van der Waals surface area contributed by atoms with E-state index in [0.29, 0.717) is 0 Å². The predicted molar refractivity (Wildman–Crippen MR) is 88.5 cm³/mol. The van der Waals surface area contributed by atoms with Crippen LogP contribution in [0.1, 0.15) is 48.4 Å². The molecule has 0 N–H and O–H groups in total. The summed E-state index contributed by atoms with van der Waals surface area (Å²) in [5.41, 5.74) is 0. The molecule has 1 atom stereocenters. The Morgan fingerprint density at radius 2 is 2.29 bits per heavy atom. The van der Waals surface area contributed by atoms with Crippen LogP contribution in [-0.4, -0.2) is 15.3 Å². The van der Waals surface area contributed by atoms with Crippen molar-refractivity contribution in [3.05, 3.63) is 46.7 Å². The number of hydrogen-bond donors (Lipinski definition) is 0. The Balaban J connectivity index is 2.05. The van der Waals surface area contributed by atoms with E-state index in [2.05, 4.69) is 24.9 Å². The molecule has 2 heterocycles. The van der Waals surface area contributed by atoms with Crippen LogP contribution in [0.5, 0.6) is 0 Å². The first kappa shape index (κ1) is 15.7. The molecule has 21 heavy (non-hydrogen) atoms. The highest BCUT2D eigenvalue weighted by atomic mass is 32.1. The number of hydrogen-bond acceptors (Lipinski definition) is 3. The fraction of sp³-hybridized carbons (Fsp3) is 0.412. The standard InChI is InChI=1S/C17H22N2OS/c1-3-4-5-6-16(19-12-11-18-13-19)17(20)10-9-15-8-7-14(2)21-15/h7-13,16H,3-6H2,1-2H3. The summed E-state index contributed by atoms with van der Waals surface area (Å²) in [7, 11) is 0. The average molecular weight is 302 g/mol. The van der Waals surface area contributed by atoms with Gasteiger partial charge in [-0.1, -0.05) is 26.2 Å². The summed E-state index contributed by atoms with van der Waals surface area (Å²) >= 11 is 1.70. The third-order valence-electron chi connectivity index (χ3n) is 3.47. The molecular formula is C17H22N2OS. The van der Waals surface area contributed by atoms with Gasteiger partial charge in [0.15, 0.2) is 5.78 Å². The summed E-state index contributed by atoms with van der Waals surface area (Å²) in [5.74, 6) is 0.148. The third kappa shape index (κ3) is 4.67. The molecule has 0 saturated heterocycles. The van der Waals surface area contributed by atoms with Gasteiger partial charge in [0, 0.05) is 22.1 Å². The van der Waals surface area contributed by atoms with E-state index in [1.165, 1.54) is 4.88 Å². The van der Waals surface area contributed by atoms with Crippen molar-refractivity contribution >= 4 is 23.2 Å². The number of aryl methyl sites for hydroxylation is 1. The van der Waals surface area contributed by atoms with Crippen molar-refractivity contribution in [1.29, 1.82) is 0 Å². The van der Waals surface area contributed by atoms with Crippen LogP contribution in [0.15, 0.2) is 36.9 Å². The number of ketones is 1. The van der Waals surface area contributed by atoms with E-state index in [1.54, 1.807) is 29.9 Å². The maximum Gasteiger partial charge on any atom is 0.178 e. The zero-order chi connectivity index (χ0) is 15.1. The van der Waals surface area contributed by atoms with Gasteiger partial charge in [0.25, 0.3) is 0 Å². The van der Waals surface area contributed by atoms with E-state index in [-0.39, 0.29) is 11.8 Å². The van der Waals surface area contributed by atoms with Crippen LogP contribution in [0.2, 0.25) is 0 Å². The lowest BCUT2D eigenvalue weighted by Gasteiger charge is -2.15. The zero-order valence-corrected chi connectivity index (χ0v) is 13.5. The monoisotopic (exact) mass is 302 g/mol. The first-order valence-corrected chi connectivity index (χ1v) is 8.28. The maximum absolute atomic E-state index is 12.5. The van der Waals surface area contributed by atoms with Crippen molar-refractivity contribution in [2.24, 2.45) is 0 Å². The van der Waals surface area contributed by atoms with Gasteiger partial charge < -0.3 is 4.57 Å². The third-order valence-corrected chi connectivity index (χ3v) is 4.43. The molecule has 0 spiro atoms. The van der Waals surface area contributed by atoms with Gasteiger partial charge in [0.05, 0.1) is 12.4 Å². The van der Waals surface area contributed by atoms with Crippen molar-refractivity contribution in [2.75, 3.05) is 0 Å². The van der Waals surface area contributed by atoms with Crippen molar-refractivity contribution in [1.82, 2.24) is 9.55 Å². The quantitative estimate of drug-likeness (QED) is 0.525. The van der Waals surface area contributed by atoms with E-state index in [0.717, 1.165) is 30.6 Å². The number of allylic oxidation sites excluding steroid dienone is 1. The number of imidazole rings is 1. The summed E-state index contributed by atoms with van der Waals surface area (Å²) < 4.78 is 1.92. The molecular weight excluding hydrogens is 280 g/mol. The number of aromatic nitrogens is 2. The van der Waals surface area contributed by atoms with Gasteiger partial charge in [-0.2, -0.15) is 0 Å². The van der Waals surface area contributed by atoms with Crippen LogP contribution >= 0.6 is 11.3 Å². The van der Waals surface area contributed by atoms with Crippen molar-refractivity contribution in [3.8, 4) is 0 Å². The molecule has 0 saturated carbocycles. The topological polar surface area (TPSA) is 34.9 Å². The highest BCUT2D eigenvalue weighted by molar-refractivity contribution is 7.12. The zero-order valence-electron chi connectivity index (χ0n) is 12.7. The number of carbonyl (C=O) groups excluding carboxylic acids is 1. The highest BCUT2D eigenvalue weighted by Crippen LogP contribution is 2.20. The maximum atomic E-state index is 12.5. The predicted octanol–water partition coefficient (Wildman–Crippen LogP) is 4.66. The molecule has 2 aromatic heterocycles. The van der Waals surface area contributed by atoms with Gasteiger partial charge in [-0.15, -0.1) is 11.3 Å². The first-order chi connectivity index (χ1) is 10.2. The average Bonchev–Trinajstić information content (AvgIpc) is 3.12. The Labute approximate surface area is 130 Å². The van der Waals surface area contributed by atoms with Crippen molar-refractivity contribution < 1.29 is 4.79 Å². The number of rotatable bonds is 8. The molecule has 0 radical (unpaired) electrons. The van der Waals surface area contributed by atoms with Gasteiger partial charge in [-0.05, 0) is 37.6 Å². The Morgan fingerprint density at radius 1 is 1.43 bits per heavy atom. The molecule has 4 heteroatoms. The number of nitrogens with zero attached hydrogens (tertiary/aromatic N) is 2. The van der Waals surface area contributed by atoms with Crippen LogP contribution in [0.25, 0.3) is 6.08 Å². The molecule has 0 aromatic carbocycles. The molecule has 0 aliphatic carbocycles. The second-order valence-corrected chi connectivity index (χ2v) is 6.53. The fourth-order valence-electron chi connectivity index (χ4n) is 2.30. The number of carbonyl (C=O) groups is 1. The highest BCUT2D eigenvalue weighted by Gasteiger charge is 2.17. The molecule has 0 bridgehead atoms. The van der Waals surface area contributed by atoms with Gasteiger partial charge in [0.2, 0.25) is 0 Å². The van der Waals surface area contributed by atoms with Gasteiger partial charge >= 0.3 is 0 Å². The van der Waals surface area contributed by atoms with Crippen molar-refractivity contribution in [3.63, 3.8) is 0 Å². The summed E-state index contributed by atoms with van der Waals surface area (Å²) in [6.45, 7) is 4.25. The van der Waals surface area contributed by atoms with Gasteiger partial charge in [-0.25, -0.2) is 4.98 Å². The van der Waals surface area contributed by atoms with E-state index in [4.69, 9.17) is 0 Å². The summed E-state index contributed by atoms with van der Waals surface area (Å²) in [6, 6.07) is 3.99. The van der Waals surface area contributed by atoms with Crippen LogP contribution in [0, 0.1) is 6.92 Å². The smallest absolute Gasteiger partial charge is 0.178 e. The van der Waals surface area contributed by atoms with Gasteiger partial charge in [-0.3, -0.25) is 4.79 Å². The second-order valence-electron chi connectivity index (χ2n) is 5.21. The molecule has 3 nitrogen and oxygen atoms in total. The van der Waals surface area contributed by atoms with Crippen LogP contribution in [0.4, 0.5) is 0 Å². The second kappa shape index (κ2) is 7.93. The Hall–Kier alpha value is -1.68. The minimum atomic E-state index is -0.128. The molecule has 0 aliphatic rings. The Kier molecular flexibility index (Phi) is 5.93. The van der Waals surface area contributed by atoms with E-state index < -0.39 is 0 Å². The molecule has 0 amide bonds. The largest absolute Gasteiger partial charge is 0.327 e. The SMILES string of the molecule is CCCCCC(C(=O)C=Cc1ccc(C)s1)n1ccnc1. The summed E-state index contributed by atoms with van der Waals surface area (Å²) in [6.07, 6.45) is 13.2. The Morgan fingerprint density at radius 3 is 2.90 bits per heavy atom. The fourth-order valence-corrected chi connectivity index (χ4v) is 3.08. The molecule has 0 aliphatic heterocycles. The first-order valence-electron chi connectivity index (χ1n) is 7.46. The molecule has 0 fully saturated rings. The summed E-state index contributed by atoms with van der Waals surface area (Å²) in [4.78, 5) is 18.9. The molecule has 2 rings (SSSR count). The lowest BCUT2D eigenvalue weighted by molar-refractivity contribution is -0.117. The molecule has 112 valence electrons. The minimum absolute atomic E-state index is 0.128. The number of unbranched alkanes of at least 4 members (excludes halogenated alkanes) is 2.